The van der Waals surface area contributed by atoms with Gasteiger partial charge in [-0.15, -0.1) is 0 Å². The van der Waals surface area contributed by atoms with Crippen LogP contribution in [0.2, 0.25) is 0 Å². The van der Waals surface area contributed by atoms with E-state index >= 15 is 0 Å². The van der Waals surface area contributed by atoms with Gasteiger partial charge in [0.15, 0.2) is 0 Å². The Kier molecular flexibility index (Phi) is 7.85. The third-order valence-corrected chi connectivity index (χ3v) is 7.32. The van der Waals surface area contributed by atoms with Crippen molar-refractivity contribution >= 4 is 23.9 Å². The summed E-state index contributed by atoms with van der Waals surface area (Å²) in [5.74, 6) is 0.521. The van der Waals surface area contributed by atoms with Crippen LogP contribution in [-0.2, 0) is 0 Å². The quantitative estimate of drug-likeness (QED) is 0.283. The molecular formula is C28H34N4O3S. The zero-order valence-electron chi connectivity index (χ0n) is 21.2. The summed E-state index contributed by atoms with van der Waals surface area (Å²) in [6.07, 6.45) is 3.36. The fourth-order valence-electron chi connectivity index (χ4n) is 5.05. The highest BCUT2D eigenvalue weighted by Crippen LogP contribution is 2.46. The fraction of sp³-hybridized carbons (Fsp3) is 0.393. The second-order valence-electron chi connectivity index (χ2n) is 10.5. The summed E-state index contributed by atoms with van der Waals surface area (Å²) in [5, 5.41) is 9.27. The third kappa shape index (κ3) is 6.56. The zero-order valence-corrected chi connectivity index (χ0v) is 22.1. The molecule has 0 aliphatic heterocycles. The number of nitrogens with one attached hydrogen (secondary N) is 1. The largest absolute Gasteiger partial charge is 0.478 e. The van der Waals surface area contributed by atoms with E-state index in [1.54, 1.807) is 18.2 Å². The third-order valence-electron chi connectivity index (χ3n) is 6.54. The molecule has 4 rings (SSSR count). The molecule has 1 unspecified atom stereocenters. The summed E-state index contributed by atoms with van der Waals surface area (Å²) in [6.45, 7) is 9.09. The van der Waals surface area contributed by atoms with Crippen molar-refractivity contribution in [3.8, 4) is 17.1 Å². The molecule has 1 aliphatic rings. The predicted molar refractivity (Wildman–Crippen MR) is 144 cm³/mol. The molecule has 190 valence electrons. The lowest BCUT2D eigenvalue weighted by Crippen LogP contribution is -2.38. The molecule has 1 heterocycles. The van der Waals surface area contributed by atoms with E-state index in [0.717, 1.165) is 33.7 Å². The highest BCUT2D eigenvalue weighted by Gasteiger charge is 2.36. The van der Waals surface area contributed by atoms with E-state index in [2.05, 4.69) is 49.5 Å². The Hall–Kier alpha value is -3.10. The minimum Gasteiger partial charge on any atom is -0.478 e. The molecular weight excluding hydrogens is 472 g/mol. The average Bonchev–Trinajstić information content (AvgIpc) is 2.80. The van der Waals surface area contributed by atoms with Crippen LogP contribution in [0.15, 0.2) is 53.4 Å². The fourth-order valence-corrected chi connectivity index (χ4v) is 5.68. The van der Waals surface area contributed by atoms with Crippen LogP contribution in [0.5, 0.6) is 5.88 Å². The first-order valence-corrected chi connectivity index (χ1v) is 13.0. The van der Waals surface area contributed by atoms with Crippen LogP contribution in [0.1, 0.15) is 54.6 Å². The molecule has 8 heteroatoms. The number of ether oxygens (including phenoxy) is 1. The number of rotatable bonds is 10. The van der Waals surface area contributed by atoms with E-state index in [1.165, 1.54) is 24.8 Å². The number of aryl methyl sites for hydroxylation is 2. The van der Waals surface area contributed by atoms with Gasteiger partial charge in [-0.25, -0.2) is 9.78 Å². The number of aromatic carboxylic acids is 1. The first-order valence-electron chi connectivity index (χ1n) is 12.2. The first-order chi connectivity index (χ1) is 17.1. The molecule has 0 bridgehead atoms. The predicted octanol–water partition coefficient (Wildman–Crippen LogP) is 6.11. The number of hydrogen-bond donors (Lipinski definition) is 3. The molecule has 1 aliphatic carbocycles. The van der Waals surface area contributed by atoms with Gasteiger partial charge in [-0.2, -0.15) is 4.98 Å². The van der Waals surface area contributed by atoms with E-state index in [9.17, 15) is 9.90 Å². The maximum absolute atomic E-state index is 11.3. The van der Waals surface area contributed by atoms with Crippen LogP contribution in [0.3, 0.4) is 0 Å². The molecule has 1 aromatic heterocycles. The topological polar surface area (TPSA) is 110 Å². The molecule has 1 fully saturated rings. The maximum Gasteiger partial charge on any atom is 0.335 e. The Morgan fingerprint density at radius 3 is 2.53 bits per heavy atom. The maximum atomic E-state index is 11.3. The van der Waals surface area contributed by atoms with Gasteiger partial charge in [-0.3, -0.25) is 4.72 Å². The van der Waals surface area contributed by atoms with Gasteiger partial charge in [0.2, 0.25) is 11.8 Å². The SMILES string of the molecule is Cc1cccc(C)c1-c1cc(OCC(N)CC2CC(C)(C)C2)nc(NSc2cccc(C(=O)O)c2)n1. The van der Waals surface area contributed by atoms with E-state index in [4.69, 9.17) is 15.5 Å². The van der Waals surface area contributed by atoms with Gasteiger partial charge >= 0.3 is 5.97 Å². The van der Waals surface area contributed by atoms with Crippen molar-refractivity contribution in [3.05, 3.63) is 65.2 Å². The molecule has 0 amide bonds. The van der Waals surface area contributed by atoms with E-state index in [1.807, 2.05) is 18.2 Å². The number of anilines is 1. The highest BCUT2D eigenvalue weighted by molar-refractivity contribution is 8.00. The van der Waals surface area contributed by atoms with Gasteiger partial charge < -0.3 is 15.6 Å². The van der Waals surface area contributed by atoms with Crippen LogP contribution < -0.4 is 15.2 Å². The zero-order chi connectivity index (χ0) is 25.9. The molecule has 0 saturated heterocycles. The van der Waals surface area contributed by atoms with Crippen molar-refractivity contribution in [2.45, 2.75) is 57.9 Å². The van der Waals surface area contributed by atoms with E-state index < -0.39 is 5.97 Å². The van der Waals surface area contributed by atoms with Gasteiger partial charge in [0.25, 0.3) is 0 Å². The lowest BCUT2D eigenvalue weighted by molar-refractivity contribution is 0.0696. The van der Waals surface area contributed by atoms with Crippen LogP contribution in [0.4, 0.5) is 5.95 Å². The van der Waals surface area contributed by atoms with Gasteiger partial charge in [-0.05, 0) is 85.7 Å². The number of aromatic nitrogens is 2. The van der Waals surface area contributed by atoms with Crippen LogP contribution in [0.25, 0.3) is 11.3 Å². The first kappa shape index (κ1) is 26.0. The average molecular weight is 507 g/mol. The summed E-state index contributed by atoms with van der Waals surface area (Å²) in [6, 6.07) is 14.6. The van der Waals surface area contributed by atoms with Crippen LogP contribution in [0, 0.1) is 25.2 Å². The number of carboxylic acid groups (broad SMARTS) is 1. The van der Waals surface area contributed by atoms with Gasteiger partial charge in [-0.1, -0.05) is 38.1 Å². The van der Waals surface area contributed by atoms with Gasteiger partial charge in [0, 0.05) is 22.6 Å². The normalized spacial score (nSPS) is 15.7. The summed E-state index contributed by atoms with van der Waals surface area (Å²) >= 11 is 1.25. The highest BCUT2D eigenvalue weighted by atomic mass is 32.2. The Bertz CT molecular complexity index is 1220. The number of carbonyl (C=O) groups is 1. The van der Waals surface area contributed by atoms with Gasteiger partial charge in [0.1, 0.15) is 6.61 Å². The minimum atomic E-state index is -0.969. The molecule has 1 atom stereocenters. The Morgan fingerprint density at radius 1 is 1.17 bits per heavy atom. The van der Waals surface area contributed by atoms with Crippen molar-refractivity contribution in [2.24, 2.45) is 17.1 Å². The smallest absolute Gasteiger partial charge is 0.335 e. The second kappa shape index (κ2) is 10.9. The van der Waals surface area contributed by atoms with Gasteiger partial charge in [0.05, 0.1) is 11.3 Å². The molecule has 2 aromatic carbocycles. The molecule has 4 N–H and O–H groups in total. The summed E-state index contributed by atoms with van der Waals surface area (Å²) < 4.78 is 9.23. The standard InChI is InChI=1S/C28H34N4O3S/c1-17-7-5-8-18(2)25(17)23-13-24(35-16-21(29)11-19-14-28(3,4)15-19)31-27(30-23)32-36-22-10-6-9-20(12-22)26(33)34/h5-10,12-13,19,21H,11,14-16,29H2,1-4H3,(H,33,34)(H,30,31,32). The lowest BCUT2D eigenvalue weighted by Gasteiger charge is -2.43. The molecule has 0 radical (unpaired) electrons. The van der Waals surface area contributed by atoms with Crippen molar-refractivity contribution in [2.75, 3.05) is 11.3 Å². The summed E-state index contributed by atoms with van der Waals surface area (Å²) in [5.41, 5.74) is 11.1. The second-order valence-corrected chi connectivity index (χ2v) is 11.3. The number of hydrogen-bond acceptors (Lipinski definition) is 7. The molecule has 1 saturated carbocycles. The Morgan fingerprint density at radius 2 is 1.86 bits per heavy atom. The van der Waals surface area contributed by atoms with Crippen LogP contribution >= 0.6 is 11.9 Å². The summed E-state index contributed by atoms with van der Waals surface area (Å²) in [4.78, 5) is 21.3. The molecule has 3 aromatic rings. The van der Waals surface area contributed by atoms with E-state index in [0.29, 0.717) is 29.8 Å². The number of benzene rings is 2. The molecule has 0 spiro atoms. The number of nitrogens with zero attached hydrogens (tertiary/aromatic N) is 2. The molecule has 36 heavy (non-hydrogen) atoms. The van der Waals surface area contributed by atoms with E-state index in [-0.39, 0.29) is 11.6 Å². The van der Waals surface area contributed by atoms with Crippen LogP contribution in [-0.4, -0.2) is 33.7 Å². The Labute approximate surface area is 217 Å². The van der Waals surface area contributed by atoms with Crippen molar-refractivity contribution in [1.82, 2.24) is 9.97 Å². The number of carboxylic acids is 1. The Balaban J connectivity index is 1.52. The van der Waals surface area contributed by atoms with Crippen molar-refractivity contribution in [1.29, 1.82) is 0 Å². The summed E-state index contributed by atoms with van der Waals surface area (Å²) in [7, 11) is 0. The van der Waals surface area contributed by atoms with Crippen molar-refractivity contribution in [3.63, 3.8) is 0 Å². The molecule has 7 nitrogen and oxygen atoms in total. The lowest BCUT2D eigenvalue weighted by atomic mass is 9.63. The minimum absolute atomic E-state index is 0.0609. The number of nitrogens with two attached hydrogens (primary N) is 1. The van der Waals surface area contributed by atoms with Crippen molar-refractivity contribution < 1.29 is 14.6 Å². The monoisotopic (exact) mass is 506 g/mol.